The summed E-state index contributed by atoms with van der Waals surface area (Å²) in [4.78, 5) is 22.1. The summed E-state index contributed by atoms with van der Waals surface area (Å²) in [6.07, 6.45) is -9.38. The number of carbonyl (C=O) groups excluding carboxylic acids is 2. The van der Waals surface area contributed by atoms with Crippen molar-refractivity contribution in [1.29, 1.82) is 0 Å². The summed E-state index contributed by atoms with van der Waals surface area (Å²) >= 11 is 0. The van der Waals surface area contributed by atoms with Crippen LogP contribution in [-0.2, 0) is 11.2 Å². The summed E-state index contributed by atoms with van der Waals surface area (Å²) in [5.41, 5.74) is 0.197. The number of halogens is 6. The molecule has 1 aromatic carbocycles. The highest BCUT2D eigenvalue weighted by Crippen LogP contribution is 2.26. The molecule has 2 aromatic rings. The summed E-state index contributed by atoms with van der Waals surface area (Å²) < 4.78 is 74.5. The van der Waals surface area contributed by atoms with Crippen molar-refractivity contribution in [3.8, 4) is 0 Å². The fourth-order valence-corrected chi connectivity index (χ4v) is 2.16. The maximum Gasteiger partial charge on any atom is 0.472 e. The van der Waals surface area contributed by atoms with Gasteiger partial charge in [0.25, 0.3) is 0 Å². The van der Waals surface area contributed by atoms with Gasteiger partial charge < -0.3 is 5.32 Å². The molecule has 4 nitrogen and oxygen atoms in total. The Morgan fingerprint density at radius 2 is 1.62 bits per heavy atom. The van der Waals surface area contributed by atoms with Crippen LogP contribution in [0.3, 0.4) is 0 Å². The van der Waals surface area contributed by atoms with Gasteiger partial charge in [0, 0.05) is 18.1 Å². The number of benzene rings is 1. The van der Waals surface area contributed by atoms with Gasteiger partial charge in [0.2, 0.25) is 0 Å². The normalized spacial score (nSPS) is 12.4. The molecule has 2 rings (SSSR count). The molecule has 0 aliphatic rings. The molecule has 1 aromatic heterocycles. The molecule has 0 saturated heterocycles. The van der Waals surface area contributed by atoms with E-state index in [4.69, 9.17) is 0 Å². The minimum absolute atomic E-state index is 0.0167. The number of nitrogens with zero attached hydrogens (tertiary/aromatic N) is 1. The predicted molar refractivity (Wildman–Crippen MR) is 71.4 cm³/mol. The maximum atomic E-state index is 12.6. The third kappa shape index (κ3) is 3.69. The molecule has 1 heterocycles. The number of hydrogen-bond acceptors (Lipinski definition) is 2. The molecule has 0 fully saturated rings. The molecule has 10 heteroatoms. The number of hydrogen-bond donors (Lipinski definition) is 1. The summed E-state index contributed by atoms with van der Waals surface area (Å²) in [5.74, 6) is -4.25. The Labute approximate surface area is 131 Å². The van der Waals surface area contributed by atoms with Gasteiger partial charge in [-0.2, -0.15) is 26.3 Å². The smallest absolute Gasteiger partial charge is 0.348 e. The highest BCUT2D eigenvalue weighted by Gasteiger charge is 2.41. The minimum Gasteiger partial charge on any atom is -0.348 e. The molecule has 0 bridgehead atoms. The van der Waals surface area contributed by atoms with Crippen LogP contribution in [0.2, 0.25) is 0 Å². The van der Waals surface area contributed by atoms with Gasteiger partial charge in [0.1, 0.15) is 0 Å². The van der Waals surface area contributed by atoms with Gasteiger partial charge in [-0.05, 0) is 18.1 Å². The first kappa shape index (κ1) is 17.8. The predicted octanol–water partition coefficient (Wildman–Crippen LogP) is 3.06. The van der Waals surface area contributed by atoms with Gasteiger partial charge in [-0.1, -0.05) is 18.2 Å². The molecule has 0 aliphatic heterocycles. The summed E-state index contributed by atoms with van der Waals surface area (Å²) in [5, 5.41) is 1.91. The Balaban J connectivity index is 2.26. The largest absolute Gasteiger partial charge is 0.472 e. The van der Waals surface area contributed by atoms with E-state index < -0.39 is 30.7 Å². The Morgan fingerprint density at radius 3 is 2.21 bits per heavy atom. The average molecular weight is 352 g/mol. The van der Waals surface area contributed by atoms with E-state index >= 15 is 0 Å². The van der Waals surface area contributed by atoms with Crippen molar-refractivity contribution in [2.75, 3.05) is 6.54 Å². The first-order valence-corrected chi connectivity index (χ1v) is 6.57. The quantitative estimate of drug-likeness (QED) is 0.864. The molecule has 130 valence electrons. The first-order valence-electron chi connectivity index (χ1n) is 6.57. The van der Waals surface area contributed by atoms with Crippen LogP contribution in [0, 0.1) is 0 Å². The van der Waals surface area contributed by atoms with Gasteiger partial charge in [0.05, 0.1) is 5.52 Å². The monoisotopic (exact) mass is 352 g/mol. The lowest BCUT2D eigenvalue weighted by atomic mass is 10.1. The third-order valence-corrected chi connectivity index (χ3v) is 3.19. The van der Waals surface area contributed by atoms with Crippen LogP contribution >= 0.6 is 0 Å². The highest BCUT2D eigenvalue weighted by atomic mass is 19.4. The van der Waals surface area contributed by atoms with E-state index in [0.29, 0.717) is 4.57 Å². The fourth-order valence-electron chi connectivity index (χ4n) is 2.16. The number of nitrogens with one attached hydrogen (secondary N) is 1. The lowest BCUT2D eigenvalue weighted by Gasteiger charge is -2.07. The number of para-hydroxylation sites is 1. The maximum absolute atomic E-state index is 12.6. The van der Waals surface area contributed by atoms with Gasteiger partial charge in [-0.15, -0.1) is 0 Å². The van der Waals surface area contributed by atoms with Crippen molar-refractivity contribution < 1.29 is 35.9 Å². The second-order valence-electron chi connectivity index (χ2n) is 4.85. The Morgan fingerprint density at radius 1 is 1.00 bits per heavy atom. The van der Waals surface area contributed by atoms with Crippen LogP contribution in [-0.4, -0.2) is 35.3 Å². The number of alkyl halides is 6. The lowest BCUT2D eigenvalue weighted by Crippen LogP contribution is -2.37. The molecule has 24 heavy (non-hydrogen) atoms. The van der Waals surface area contributed by atoms with E-state index in [1.54, 1.807) is 5.32 Å². The topological polar surface area (TPSA) is 51.1 Å². The van der Waals surface area contributed by atoms with Crippen LogP contribution in [0.4, 0.5) is 26.3 Å². The molecule has 0 radical (unpaired) electrons. The molecule has 1 amide bonds. The van der Waals surface area contributed by atoms with E-state index in [1.807, 2.05) is 0 Å². The molecular weight excluding hydrogens is 342 g/mol. The van der Waals surface area contributed by atoms with Gasteiger partial charge in [-0.3, -0.25) is 14.2 Å². The Hall–Kier alpha value is -2.52. The molecule has 0 aliphatic carbocycles. The van der Waals surface area contributed by atoms with E-state index in [9.17, 15) is 35.9 Å². The van der Waals surface area contributed by atoms with E-state index in [1.165, 1.54) is 24.3 Å². The molecule has 0 atom stereocenters. The molecular formula is C14H10F6N2O2. The van der Waals surface area contributed by atoms with Crippen LogP contribution < -0.4 is 5.32 Å². The second kappa shape index (κ2) is 6.17. The lowest BCUT2D eigenvalue weighted by molar-refractivity contribution is -0.173. The summed E-state index contributed by atoms with van der Waals surface area (Å²) in [6.45, 7) is -0.438. The van der Waals surface area contributed by atoms with Crippen molar-refractivity contribution in [3.63, 3.8) is 0 Å². The standard InChI is InChI=1S/C14H10F6N2O2/c15-13(16,17)11(23)21-6-5-8-7-22(12(24)14(18,19)20)10-4-2-1-3-9(8)10/h1-4,7H,5-6H2,(H,21,23). The van der Waals surface area contributed by atoms with Crippen molar-refractivity contribution >= 4 is 22.7 Å². The molecule has 0 saturated carbocycles. The van der Waals surface area contributed by atoms with Crippen LogP contribution in [0.5, 0.6) is 0 Å². The summed E-state index contributed by atoms with van der Waals surface area (Å²) in [6, 6.07) is 5.67. The average Bonchev–Trinajstić information content (AvgIpc) is 2.83. The van der Waals surface area contributed by atoms with Crippen LogP contribution in [0.25, 0.3) is 10.9 Å². The zero-order valence-electron chi connectivity index (χ0n) is 11.8. The van der Waals surface area contributed by atoms with Crippen LogP contribution in [0.15, 0.2) is 30.5 Å². The number of amides is 1. The Bertz CT molecular complexity index is 776. The van der Waals surface area contributed by atoms with Crippen molar-refractivity contribution in [1.82, 2.24) is 9.88 Å². The van der Waals surface area contributed by atoms with E-state index in [-0.39, 0.29) is 22.9 Å². The highest BCUT2D eigenvalue weighted by molar-refractivity contribution is 5.96. The number of aromatic nitrogens is 1. The fraction of sp³-hybridized carbons (Fsp3) is 0.286. The molecule has 0 spiro atoms. The van der Waals surface area contributed by atoms with Crippen molar-refractivity contribution in [2.24, 2.45) is 0 Å². The Kier molecular flexibility index (Phi) is 4.59. The third-order valence-electron chi connectivity index (χ3n) is 3.19. The van der Waals surface area contributed by atoms with Crippen molar-refractivity contribution in [3.05, 3.63) is 36.0 Å². The summed E-state index contributed by atoms with van der Waals surface area (Å²) in [7, 11) is 0. The van der Waals surface area contributed by atoms with E-state index in [0.717, 1.165) is 6.20 Å². The van der Waals surface area contributed by atoms with Crippen molar-refractivity contribution in [2.45, 2.75) is 18.8 Å². The van der Waals surface area contributed by atoms with Gasteiger partial charge in [-0.25, -0.2) is 0 Å². The van der Waals surface area contributed by atoms with Gasteiger partial charge >= 0.3 is 24.2 Å². The number of carbonyl (C=O) groups is 2. The second-order valence-corrected chi connectivity index (χ2v) is 4.85. The zero-order valence-corrected chi connectivity index (χ0v) is 11.8. The van der Waals surface area contributed by atoms with E-state index in [2.05, 4.69) is 0 Å². The first-order chi connectivity index (χ1) is 11.0. The SMILES string of the molecule is O=C(NCCc1cn(C(=O)C(F)(F)F)c2ccccc12)C(F)(F)F. The molecule has 0 unspecified atom stereocenters. The zero-order chi connectivity index (χ0) is 18.1. The minimum atomic E-state index is -5.09. The molecule has 1 N–H and O–H groups in total. The number of fused-ring (bicyclic) bond motifs is 1. The number of rotatable bonds is 3. The van der Waals surface area contributed by atoms with Gasteiger partial charge in [0.15, 0.2) is 0 Å². The van der Waals surface area contributed by atoms with Crippen LogP contribution in [0.1, 0.15) is 10.4 Å².